The second-order valence-corrected chi connectivity index (χ2v) is 6.89. The van der Waals surface area contributed by atoms with Crippen LogP contribution in [0.4, 0.5) is 0 Å². The molecule has 0 aliphatic carbocycles. The van der Waals surface area contributed by atoms with Gasteiger partial charge >= 0.3 is 5.97 Å². The number of rotatable bonds is 13. The zero-order valence-electron chi connectivity index (χ0n) is 14.9. The molecule has 23 heavy (non-hydrogen) atoms. The van der Waals surface area contributed by atoms with Crippen molar-refractivity contribution < 1.29 is 14.7 Å². The minimum atomic E-state index is -1.02. The van der Waals surface area contributed by atoms with E-state index in [0.29, 0.717) is 18.8 Å². The summed E-state index contributed by atoms with van der Waals surface area (Å²) < 4.78 is 0. The van der Waals surface area contributed by atoms with Gasteiger partial charge in [0.2, 0.25) is 5.91 Å². The Labute approximate surface area is 140 Å². The summed E-state index contributed by atoms with van der Waals surface area (Å²) in [6.07, 6.45) is 5.94. The molecule has 0 saturated heterocycles. The fraction of sp³-hybridized carbons (Fsp3) is 0.882. The molecule has 6 nitrogen and oxygen atoms in total. The van der Waals surface area contributed by atoms with E-state index in [0.717, 1.165) is 32.1 Å². The highest BCUT2D eigenvalue weighted by Gasteiger charge is 2.22. The van der Waals surface area contributed by atoms with Crippen LogP contribution >= 0.6 is 0 Å². The zero-order chi connectivity index (χ0) is 17.8. The molecule has 0 bridgehead atoms. The predicted molar refractivity (Wildman–Crippen MR) is 93.0 cm³/mol. The SMILES string of the molecule is CCCCC[C@H](N)CC(=O)N[C@@H](CC[C@H](N)CC(C)C)C(=O)O. The normalized spacial score (nSPS) is 15.2. The molecule has 6 N–H and O–H groups in total. The Morgan fingerprint density at radius 1 is 1.04 bits per heavy atom. The Morgan fingerprint density at radius 3 is 2.22 bits per heavy atom. The number of carbonyl (C=O) groups is 2. The first-order chi connectivity index (χ1) is 10.8. The fourth-order valence-electron chi connectivity index (χ4n) is 2.61. The summed E-state index contributed by atoms with van der Waals surface area (Å²) in [6, 6.07) is -1.13. The molecule has 0 aromatic carbocycles. The average molecular weight is 329 g/mol. The number of carboxylic acids is 1. The maximum Gasteiger partial charge on any atom is 0.326 e. The summed E-state index contributed by atoms with van der Waals surface area (Å²) in [4.78, 5) is 23.2. The summed E-state index contributed by atoms with van der Waals surface area (Å²) >= 11 is 0. The Morgan fingerprint density at radius 2 is 1.70 bits per heavy atom. The molecule has 0 aliphatic heterocycles. The van der Waals surface area contributed by atoms with Gasteiger partial charge in [-0.3, -0.25) is 4.79 Å². The third-order valence-corrected chi connectivity index (χ3v) is 3.86. The number of nitrogens with two attached hydrogens (primary N) is 2. The van der Waals surface area contributed by atoms with Crippen molar-refractivity contribution in [1.82, 2.24) is 5.32 Å². The van der Waals surface area contributed by atoms with Crippen LogP contribution in [0, 0.1) is 5.92 Å². The van der Waals surface area contributed by atoms with Crippen molar-refractivity contribution in [3.8, 4) is 0 Å². The van der Waals surface area contributed by atoms with Crippen LogP contribution < -0.4 is 16.8 Å². The van der Waals surface area contributed by atoms with Gasteiger partial charge in [0.15, 0.2) is 0 Å². The molecule has 1 amide bonds. The zero-order valence-corrected chi connectivity index (χ0v) is 14.9. The molecular weight excluding hydrogens is 294 g/mol. The highest BCUT2D eigenvalue weighted by Crippen LogP contribution is 2.10. The summed E-state index contributed by atoms with van der Waals surface area (Å²) in [5.41, 5.74) is 11.9. The van der Waals surface area contributed by atoms with Crippen molar-refractivity contribution in [2.45, 2.75) is 90.3 Å². The topological polar surface area (TPSA) is 118 Å². The lowest BCUT2D eigenvalue weighted by atomic mass is 9.98. The summed E-state index contributed by atoms with van der Waals surface area (Å²) in [5.74, 6) is -0.836. The van der Waals surface area contributed by atoms with Crippen LogP contribution in [-0.2, 0) is 9.59 Å². The van der Waals surface area contributed by atoms with E-state index in [2.05, 4.69) is 26.1 Å². The average Bonchev–Trinajstić information content (AvgIpc) is 2.42. The largest absolute Gasteiger partial charge is 0.480 e. The molecule has 0 unspecified atom stereocenters. The lowest BCUT2D eigenvalue weighted by Crippen LogP contribution is -2.43. The van der Waals surface area contributed by atoms with E-state index in [1.54, 1.807) is 0 Å². The van der Waals surface area contributed by atoms with Gasteiger partial charge in [0.25, 0.3) is 0 Å². The fourth-order valence-corrected chi connectivity index (χ4v) is 2.61. The lowest BCUT2D eigenvalue weighted by Gasteiger charge is -2.19. The van der Waals surface area contributed by atoms with Crippen molar-refractivity contribution in [3.05, 3.63) is 0 Å². The molecule has 0 fully saturated rings. The Balaban J connectivity index is 4.20. The molecule has 136 valence electrons. The van der Waals surface area contributed by atoms with Crippen LogP contribution in [0.5, 0.6) is 0 Å². The lowest BCUT2D eigenvalue weighted by molar-refractivity contribution is -0.142. The number of carbonyl (C=O) groups excluding carboxylic acids is 1. The number of aliphatic carboxylic acids is 1. The number of carboxylic acid groups (broad SMARTS) is 1. The summed E-state index contributed by atoms with van der Waals surface area (Å²) in [5, 5.41) is 11.8. The van der Waals surface area contributed by atoms with Gasteiger partial charge in [-0.15, -0.1) is 0 Å². The first-order valence-electron chi connectivity index (χ1n) is 8.79. The van der Waals surface area contributed by atoms with Crippen LogP contribution in [-0.4, -0.2) is 35.1 Å². The van der Waals surface area contributed by atoms with Crippen LogP contribution in [0.2, 0.25) is 0 Å². The molecule has 6 heteroatoms. The highest BCUT2D eigenvalue weighted by atomic mass is 16.4. The van der Waals surface area contributed by atoms with Gasteiger partial charge < -0.3 is 21.9 Å². The van der Waals surface area contributed by atoms with Gasteiger partial charge in [0.1, 0.15) is 6.04 Å². The van der Waals surface area contributed by atoms with Crippen LogP contribution in [0.3, 0.4) is 0 Å². The van der Waals surface area contributed by atoms with Crippen molar-refractivity contribution in [2.24, 2.45) is 17.4 Å². The first-order valence-corrected chi connectivity index (χ1v) is 8.79. The van der Waals surface area contributed by atoms with Gasteiger partial charge in [-0.1, -0.05) is 40.0 Å². The number of hydrogen-bond acceptors (Lipinski definition) is 4. The predicted octanol–water partition coefficient (Wildman–Crippen LogP) is 2.01. The van der Waals surface area contributed by atoms with E-state index in [1.807, 2.05) is 0 Å². The van der Waals surface area contributed by atoms with Gasteiger partial charge in [-0.05, 0) is 31.6 Å². The van der Waals surface area contributed by atoms with Gasteiger partial charge in [-0.2, -0.15) is 0 Å². The smallest absolute Gasteiger partial charge is 0.326 e. The molecule has 3 atom stereocenters. The van der Waals surface area contributed by atoms with Crippen molar-refractivity contribution in [2.75, 3.05) is 0 Å². The molecule has 0 spiro atoms. The number of unbranched alkanes of at least 4 members (excludes halogenated alkanes) is 2. The Bertz CT molecular complexity index is 348. The molecule has 0 heterocycles. The third-order valence-electron chi connectivity index (χ3n) is 3.86. The van der Waals surface area contributed by atoms with E-state index in [1.165, 1.54) is 0 Å². The molecule has 0 aromatic rings. The molecule has 0 aliphatic rings. The van der Waals surface area contributed by atoms with Crippen molar-refractivity contribution >= 4 is 11.9 Å². The minimum Gasteiger partial charge on any atom is -0.480 e. The van der Waals surface area contributed by atoms with Crippen LogP contribution in [0.15, 0.2) is 0 Å². The van der Waals surface area contributed by atoms with Gasteiger partial charge in [0.05, 0.1) is 0 Å². The highest BCUT2D eigenvalue weighted by molar-refractivity contribution is 5.83. The van der Waals surface area contributed by atoms with E-state index in [9.17, 15) is 14.7 Å². The van der Waals surface area contributed by atoms with Gasteiger partial charge in [-0.25, -0.2) is 4.79 Å². The Hall–Kier alpha value is -1.14. The monoisotopic (exact) mass is 329 g/mol. The van der Waals surface area contributed by atoms with E-state index < -0.39 is 12.0 Å². The Kier molecular flexibility index (Phi) is 11.7. The number of amides is 1. The van der Waals surface area contributed by atoms with E-state index >= 15 is 0 Å². The summed E-state index contributed by atoms with van der Waals surface area (Å²) in [7, 11) is 0. The maximum absolute atomic E-state index is 11.9. The number of nitrogens with one attached hydrogen (secondary N) is 1. The summed E-state index contributed by atoms with van der Waals surface area (Å²) in [6.45, 7) is 6.27. The van der Waals surface area contributed by atoms with Crippen molar-refractivity contribution in [1.29, 1.82) is 0 Å². The minimum absolute atomic E-state index is 0.0370. The number of hydrogen-bond donors (Lipinski definition) is 4. The quantitative estimate of drug-likeness (QED) is 0.385. The molecule has 0 radical (unpaired) electrons. The standard InChI is InChI=1S/C17H35N3O3/c1-4-5-6-7-13(18)11-16(21)20-15(17(22)23)9-8-14(19)10-12(2)3/h12-15H,4-11,18-19H2,1-3H3,(H,20,21)(H,22,23)/t13-,14-,15-/m0/s1. The third kappa shape index (κ3) is 12.0. The van der Waals surface area contributed by atoms with E-state index in [4.69, 9.17) is 11.5 Å². The van der Waals surface area contributed by atoms with E-state index in [-0.39, 0.29) is 24.4 Å². The molecule has 0 aromatic heterocycles. The second-order valence-electron chi connectivity index (χ2n) is 6.89. The van der Waals surface area contributed by atoms with Crippen LogP contribution in [0.1, 0.15) is 72.1 Å². The molecule has 0 saturated carbocycles. The molecular formula is C17H35N3O3. The van der Waals surface area contributed by atoms with Crippen LogP contribution in [0.25, 0.3) is 0 Å². The second kappa shape index (κ2) is 12.3. The van der Waals surface area contributed by atoms with Crippen molar-refractivity contribution in [3.63, 3.8) is 0 Å². The first kappa shape index (κ1) is 21.9. The maximum atomic E-state index is 11.9. The molecule has 0 rings (SSSR count). The van der Waals surface area contributed by atoms with Gasteiger partial charge in [0, 0.05) is 18.5 Å².